The highest BCUT2D eigenvalue weighted by Gasteiger charge is 2.19. The minimum atomic E-state index is 0.0153. The Kier molecular flexibility index (Phi) is 4.59. The second kappa shape index (κ2) is 6.62. The summed E-state index contributed by atoms with van der Waals surface area (Å²) in [4.78, 5) is 16.8. The molecule has 0 radical (unpaired) electrons. The summed E-state index contributed by atoms with van der Waals surface area (Å²) >= 11 is 1.58. The fourth-order valence-electron chi connectivity index (χ4n) is 3.04. The molecule has 0 aromatic carbocycles. The van der Waals surface area contributed by atoms with Crippen molar-refractivity contribution in [2.45, 2.75) is 26.7 Å². The predicted molar refractivity (Wildman–Crippen MR) is 88.8 cm³/mol. The van der Waals surface area contributed by atoms with E-state index >= 15 is 0 Å². The topological polar surface area (TPSA) is 59.0 Å². The normalized spacial score (nSPS) is 18.4. The average molecular weight is 318 g/mol. The third-order valence-corrected chi connectivity index (χ3v) is 4.99. The molecule has 1 atom stereocenters. The Morgan fingerprint density at radius 3 is 3.09 bits per heavy atom. The number of hydrogen-bond acceptors (Lipinski definition) is 4. The Morgan fingerprint density at radius 2 is 2.41 bits per heavy atom. The van der Waals surface area contributed by atoms with Crippen LogP contribution in [0.4, 0.5) is 0 Å². The van der Waals surface area contributed by atoms with Crippen molar-refractivity contribution in [2.75, 3.05) is 19.6 Å². The molecule has 2 aromatic heterocycles. The van der Waals surface area contributed by atoms with E-state index in [1.807, 2.05) is 29.9 Å². The van der Waals surface area contributed by atoms with E-state index in [4.69, 9.17) is 0 Å². The Bertz CT molecular complexity index is 641. The minimum absolute atomic E-state index is 0.0153. The molecule has 3 rings (SSSR count). The summed E-state index contributed by atoms with van der Waals surface area (Å²) in [6.07, 6.45) is 4.17. The zero-order chi connectivity index (χ0) is 15.5. The lowest BCUT2D eigenvalue weighted by atomic mass is 10.00. The van der Waals surface area contributed by atoms with Crippen LogP contribution in [0.5, 0.6) is 0 Å². The van der Waals surface area contributed by atoms with Gasteiger partial charge in [-0.1, -0.05) is 0 Å². The fourth-order valence-corrected chi connectivity index (χ4v) is 3.80. The summed E-state index contributed by atoms with van der Waals surface area (Å²) in [6.45, 7) is 6.83. The minimum Gasteiger partial charge on any atom is -0.352 e. The summed E-state index contributed by atoms with van der Waals surface area (Å²) in [6, 6.07) is 1.95. The lowest BCUT2D eigenvalue weighted by molar-refractivity contribution is 0.0944. The number of rotatable bonds is 4. The molecular formula is C16H22N4OS. The van der Waals surface area contributed by atoms with Crippen LogP contribution in [0.1, 0.15) is 34.6 Å². The van der Waals surface area contributed by atoms with Gasteiger partial charge in [0.2, 0.25) is 0 Å². The smallest absolute Gasteiger partial charge is 0.253 e. The number of nitrogens with one attached hydrogen (secondary N) is 2. The van der Waals surface area contributed by atoms with Gasteiger partial charge in [0, 0.05) is 29.5 Å². The molecule has 0 bridgehead atoms. The van der Waals surface area contributed by atoms with Crippen molar-refractivity contribution in [2.24, 2.45) is 5.92 Å². The van der Waals surface area contributed by atoms with Crippen LogP contribution in [0.25, 0.3) is 5.13 Å². The first-order valence-electron chi connectivity index (χ1n) is 7.74. The summed E-state index contributed by atoms with van der Waals surface area (Å²) in [5, 5.41) is 9.32. The van der Waals surface area contributed by atoms with Gasteiger partial charge in [0.15, 0.2) is 5.13 Å². The molecule has 1 aliphatic heterocycles. The second-order valence-corrected chi connectivity index (χ2v) is 6.73. The molecule has 1 unspecified atom stereocenters. The highest BCUT2D eigenvalue weighted by Crippen LogP contribution is 2.22. The Morgan fingerprint density at radius 1 is 1.55 bits per heavy atom. The van der Waals surface area contributed by atoms with Crippen LogP contribution in [-0.2, 0) is 0 Å². The molecule has 0 spiro atoms. The molecule has 2 N–H and O–H groups in total. The predicted octanol–water partition coefficient (Wildman–Crippen LogP) is 2.28. The molecule has 2 aromatic rings. The first-order chi connectivity index (χ1) is 10.7. The zero-order valence-corrected chi connectivity index (χ0v) is 13.9. The Balaban J connectivity index is 1.71. The molecule has 6 heteroatoms. The van der Waals surface area contributed by atoms with Gasteiger partial charge >= 0.3 is 0 Å². The number of aromatic nitrogens is 2. The van der Waals surface area contributed by atoms with Gasteiger partial charge < -0.3 is 10.6 Å². The Hall–Kier alpha value is -1.66. The van der Waals surface area contributed by atoms with Crippen LogP contribution in [0, 0.1) is 19.8 Å². The third-order valence-electron chi connectivity index (χ3n) is 4.24. The SMILES string of the molecule is Cc1cc(C(=O)NCC2CCCNC2)c(C)n1-c1nccs1. The third kappa shape index (κ3) is 3.08. The maximum Gasteiger partial charge on any atom is 0.253 e. The summed E-state index contributed by atoms with van der Waals surface area (Å²) < 4.78 is 2.04. The quantitative estimate of drug-likeness (QED) is 0.909. The van der Waals surface area contributed by atoms with Gasteiger partial charge in [0.1, 0.15) is 0 Å². The summed E-state index contributed by atoms with van der Waals surface area (Å²) in [7, 11) is 0. The van der Waals surface area contributed by atoms with Gasteiger partial charge in [0.05, 0.1) is 5.56 Å². The largest absolute Gasteiger partial charge is 0.352 e. The van der Waals surface area contributed by atoms with Crippen molar-refractivity contribution in [3.8, 4) is 5.13 Å². The van der Waals surface area contributed by atoms with Crippen LogP contribution in [0.2, 0.25) is 0 Å². The fraction of sp³-hybridized carbons (Fsp3) is 0.500. The standard InChI is InChI=1S/C16H22N4OS/c1-11-8-14(12(2)20(11)16-18-6-7-22-16)15(21)19-10-13-4-3-5-17-9-13/h6-8,13,17H,3-5,9-10H2,1-2H3,(H,19,21). The highest BCUT2D eigenvalue weighted by molar-refractivity contribution is 7.12. The van der Waals surface area contributed by atoms with Crippen molar-refractivity contribution >= 4 is 17.2 Å². The van der Waals surface area contributed by atoms with Gasteiger partial charge in [-0.05, 0) is 51.8 Å². The van der Waals surface area contributed by atoms with Crippen molar-refractivity contribution in [1.82, 2.24) is 20.2 Å². The number of carbonyl (C=O) groups is 1. The second-order valence-electron chi connectivity index (χ2n) is 5.86. The van der Waals surface area contributed by atoms with E-state index in [2.05, 4.69) is 15.6 Å². The van der Waals surface area contributed by atoms with Gasteiger partial charge in [-0.2, -0.15) is 0 Å². The van der Waals surface area contributed by atoms with Gasteiger partial charge in [-0.3, -0.25) is 9.36 Å². The molecule has 22 heavy (non-hydrogen) atoms. The van der Waals surface area contributed by atoms with Gasteiger partial charge in [-0.15, -0.1) is 11.3 Å². The van der Waals surface area contributed by atoms with Crippen molar-refractivity contribution in [3.63, 3.8) is 0 Å². The Labute approximate surface area is 134 Å². The number of carbonyl (C=O) groups excluding carboxylic acids is 1. The maximum atomic E-state index is 12.5. The molecule has 1 saturated heterocycles. The van der Waals surface area contributed by atoms with E-state index in [9.17, 15) is 4.79 Å². The lowest BCUT2D eigenvalue weighted by Gasteiger charge is -2.22. The lowest BCUT2D eigenvalue weighted by Crippen LogP contribution is -2.38. The maximum absolute atomic E-state index is 12.5. The van der Waals surface area contributed by atoms with Crippen LogP contribution in [-0.4, -0.2) is 35.1 Å². The van der Waals surface area contributed by atoms with Crippen molar-refractivity contribution in [3.05, 3.63) is 34.6 Å². The molecular weight excluding hydrogens is 296 g/mol. The average Bonchev–Trinajstić information content (AvgIpc) is 3.14. The van der Waals surface area contributed by atoms with E-state index in [1.54, 1.807) is 17.5 Å². The summed E-state index contributed by atoms with van der Waals surface area (Å²) in [5.74, 6) is 0.557. The first kappa shape index (κ1) is 15.2. The molecule has 1 amide bonds. The molecule has 118 valence electrons. The molecule has 1 fully saturated rings. The molecule has 5 nitrogen and oxygen atoms in total. The van der Waals surface area contributed by atoms with Crippen LogP contribution < -0.4 is 10.6 Å². The first-order valence-corrected chi connectivity index (χ1v) is 8.62. The number of amides is 1. The van der Waals surface area contributed by atoms with E-state index in [0.29, 0.717) is 5.92 Å². The number of aryl methyl sites for hydroxylation is 1. The van der Waals surface area contributed by atoms with E-state index in [1.165, 1.54) is 12.8 Å². The highest BCUT2D eigenvalue weighted by atomic mass is 32.1. The van der Waals surface area contributed by atoms with Crippen LogP contribution in [0.15, 0.2) is 17.6 Å². The number of piperidine rings is 1. The van der Waals surface area contributed by atoms with Crippen LogP contribution in [0.3, 0.4) is 0 Å². The van der Waals surface area contributed by atoms with E-state index in [0.717, 1.165) is 41.7 Å². The van der Waals surface area contributed by atoms with E-state index < -0.39 is 0 Å². The van der Waals surface area contributed by atoms with Crippen molar-refractivity contribution < 1.29 is 4.79 Å². The van der Waals surface area contributed by atoms with Crippen LogP contribution >= 0.6 is 11.3 Å². The number of thiazole rings is 1. The molecule has 0 aliphatic carbocycles. The van der Waals surface area contributed by atoms with Gasteiger partial charge in [0.25, 0.3) is 5.91 Å². The molecule has 0 saturated carbocycles. The molecule has 3 heterocycles. The summed E-state index contributed by atoms with van der Waals surface area (Å²) in [5.41, 5.74) is 2.74. The van der Waals surface area contributed by atoms with Gasteiger partial charge in [-0.25, -0.2) is 4.98 Å². The molecule has 1 aliphatic rings. The monoisotopic (exact) mass is 318 g/mol. The number of nitrogens with zero attached hydrogens (tertiary/aromatic N) is 2. The number of hydrogen-bond donors (Lipinski definition) is 2. The zero-order valence-electron chi connectivity index (χ0n) is 13.1. The van der Waals surface area contributed by atoms with Crippen molar-refractivity contribution in [1.29, 1.82) is 0 Å². The van der Waals surface area contributed by atoms with E-state index in [-0.39, 0.29) is 5.91 Å².